The fourth-order valence-corrected chi connectivity index (χ4v) is 1.28. The summed E-state index contributed by atoms with van der Waals surface area (Å²) in [5.41, 5.74) is 0. The van der Waals surface area contributed by atoms with E-state index in [9.17, 15) is 13.2 Å². The first kappa shape index (κ1) is 10.2. The number of thioether (sulfide) groups is 1. The van der Waals surface area contributed by atoms with Gasteiger partial charge in [0.15, 0.2) is 0 Å². The highest BCUT2D eigenvalue weighted by atomic mass is 32.2. The summed E-state index contributed by atoms with van der Waals surface area (Å²) in [6.45, 7) is 0. The summed E-state index contributed by atoms with van der Waals surface area (Å²) in [7, 11) is 0. The summed E-state index contributed by atoms with van der Waals surface area (Å²) in [5, 5.41) is 0. The maximum absolute atomic E-state index is 11.8. The third kappa shape index (κ3) is 3.18. The number of hydrogen-bond donors (Lipinski definition) is 0. The second kappa shape index (κ2) is 3.91. The maximum Gasteiger partial charge on any atom is 0.573 e. The summed E-state index contributed by atoms with van der Waals surface area (Å²) in [6.07, 6.45) is -2.96. The van der Waals surface area contributed by atoms with E-state index < -0.39 is 6.36 Å². The molecule has 0 aliphatic heterocycles. The molecule has 13 heavy (non-hydrogen) atoms. The van der Waals surface area contributed by atoms with Gasteiger partial charge in [-0.2, -0.15) is 0 Å². The lowest BCUT2D eigenvalue weighted by atomic mass is 10.3. The van der Waals surface area contributed by atoms with Crippen LogP contribution in [-0.4, -0.2) is 12.6 Å². The van der Waals surface area contributed by atoms with Crippen molar-refractivity contribution in [3.63, 3.8) is 0 Å². The number of rotatable bonds is 2. The average molecular weight is 207 g/mol. The minimum Gasteiger partial charge on any atom is -0.405 e. The minimum absolute atomic E-state index is 0.206. The van der Waals surface area contributed by atoms with Gasteiger partial charge >= 0.3 is 6.36 Å². The molecule has 1 rings (SSSR count). The summed E-state index contributed by atoms with van der Waals surface area (Å²) in [5.74, 6) is -0.206. The zero-order chi connectivity index (χ0) is 9.90. The molecule has 0 heterocycles. The standard InChI is InChI=1S/C8H6F3OS/c1-13-7-5-3-2-4-6(7)12-8(9,10)11/h3-5H,1H3. The van der Waals surface area contributed by atoms with E-state index in [1.807, 2.05) is 0 Å². The van der Waals surface area contributed by atoms with E-state index >= 15 is 0 Å². The molecule has 0 aliphatic rings. The van der Waals surface area contributed by atoms with Crippen molar-refractivity contribution < 1.29 is 17.9 Å². The Morgan fingerprint density at radius 3 is 2.69 bits per heavy atom. The third-order valence-corrected chi connectivity index (χ3v) is 2.01. The third-order valence-electron chi connectivity index (χ3n) is 1.23. The Labute approximate surface area is 77.9 Å². The van der Waals surface area contributed by atoms with Gasteiger partial charge in [0.25, 0.3) is 0 Å². The van der Waals surface area contributed by atoms with Gasteiger partial charge in [0, 0.05) is 4.90 Å². The predicted molar refractivity (Wildman–Crippen MR) is 43.7 cm³/mol. The van der Waals surface area contributed by atoms with E-state index in [-0.39, 0.29) is 5.75 Å². The van der Waals surface area contributed by atoms with Crippen LogP contribution in [0.1, 0.15) is 0 Å². The van der Waals surface area contributed by atoms with Gasteiger partial charge in [0.1, 0.15) is 5.75 Å². The highest BCUT2D eigenvalue weighted by Gasteiger charge is 2.31. The first-order valence-corrected chi connectivity index (χ1v) is 4.55. The summed E-state index contributed by atoms with van der Waals surface area (Å²) in [6, 6.07) is 6.74. The topological polar surface area (TPSA) is 9.23 Å². The van der Waals surface area contributed by atoms with Crippen molar-refractivity contribution in [1.82, 2.24) is 0 Å². The summed E-state index contributed by atoms with van der Waals surface area (Å²) < 4.78 is 39.2. The molecule has 0 saturated carbocycles. The number of halogens is 3. The predicted octanol–water partition coefficient (Wildman–Crippen LogP) is 3.11. The molecule has 1 aromatic rings. The molecule has 0 saturated heterocycles. The van der Waals surface area contributed by atoms with Crippen LogP contribution in [0.15, 0.2) is 23.1 Å². The van der Waals surface area contributed by atoms with Crippen molar-refractivity contribution in [2.75, 3.05) is 6.26 Å². The fourth-order valence-electron chi connectivity index (χ4n) is 0.774. The molecule has 0 N–H and O–H groups in total. The Morgan fingerprint density at radius 2 is 2.15 bits per heavy atom. The van der Waals surface area contributed by atoms with Crippen molar-refractivity contribution in [1.29, 1.82) is 0 Å². The molecule has 1 nitrogen and oxygen atoms in total. The Balaban J connectivity index is 2.87. The molecule has 0 atom stereocenters. The zero-order valence-corrected chi connectivity index (χ0v) is 7.50. The second-order valence-corrected chi connectivity index (χ2v) is 2.97. The van der Waals surface area contributed by atoms with E-state index in [0.717, 1.165) is 0 Å². The van der Waals surface area contributed by atoms with E-state index in [0.29, 0.717) is 4.90 Å². The van der Waals surface area contributed by atoms with Gasteiger partial charge < -0.3 is 4.74 Å². The largest absolute Gasteiger partial charge is 0.573 e. The van der Waals surface area contributed by atoms with E-state index in [1.165, 1.54) is 30.0 Å². The highest BCUT2D eigenvalue weighted by molar-refractivity contribution is 7.98. The van der Waals surface area contributed by atoms with Crippen LogP contribution in [-0.2, 0) is 0 Å². The van der Waals surface area contributed by atoms with Gasteiger partial charge in [0.05, 0.1) is 0 Å². The van der Waals surface area contributed by atoms with Crippen molar-refractivity contribution in [3.05, 3.63) is 24.3 Å². The van der Waals surface area contributed by atoms with Gasteiger partial charge in [0.2, 0.25) is 0 Å². The van der Waals surface area contributed by atoms with Crippen LogP contribution in [0, 0.1) is 6.07 Å². The molecular formula is C8H6F3OS. The number of hydrogen-bond acceptors (Lipinski definition) is 2. The quantitative estimate of drug-likeness (QED) is 0.689. The minimum atomic E-state index is -4.64. The molecule has 0 aromatic heterocycles. The number of ether oxygens (including phenoxy) is 1. The molecule has 0 amide bonds. The average Bonchev–Trinajstić information content (AvgIpc) is 2.02. The van der Waals surface area contributed by atoms with Crippen LogP contribution in [0.3, 0.4) is 0 Å². The van der Waals surface area contributed by atoms with Crippen molar-refractivity contribution in [2.24, 2.45) is 0 Å². The SMILES string of the molecule is CSc1cc[c]cc1OC(F)(F)F. The van der Waals surface area contributed by atoms with Crippen LogP contribution in [0.2, 0.25) is 0 Å². The van der Waals surface area contributed by atoms with Gasteiger partial charge in [-0.05, 0) is 24.5 Å². The monoisotopic (exact) mass is 207 g/mol. The Morgan fingerprint density at radius 1 is 1.46 bits per heavy atom. The molecule has 1 radical (unpaired) electrons. The highest BCUT2D eigenvalue weighted by Crippen LogP contribution is 2.31. The summed E-state index contributed by atoms with van der Waals surface area (Å²) >= 11 is 1.19. The number of benzene rings is 1. The van der Waals surface area contributed by atoms with Gasteiger partial charge in [-0.15, -0.1) is 24.9 Å². The molecule has 0 aliphatic carbocycles. The second-order valence-electron chi connectivity index (χ2n) is 2.12. The van der Waals surface area contributed by atoms with Crippen molar-refractivity contribution in [3.8, 4) is 5.75 Å². The molecule has 71 valence electrons. The fraction of sp³-hybridized carbons (Fsp3) is 0.250. The maximum atomic E-state index is 11.8. The van der Waals surface area contributed by atoms with Gasteiger partial charge in [-0.1, -0.05) is 6.07 Å². The van der Waals surface area contributed by atoms with Crippen LogP contribution in [0.25, 0.3) is 0 Å². The number of alkyl halides is 3. The van der Waals surface area contributed by atoms with Crippen molar-refractivity contribution in [2.45, 2.75) is 11.3 Å². The molecule has 0 fully saturated rings. The van der Waals surface area contributed by atoms with Crippen LogP contribution >= 0.6 is 11.8 Å². The lowest BCUT2D eigenvalue weighted by Gasteiger charge is -2.10. The van der Waals surface area contributed by atoms with E-state index in [2.05, 4.69) is 10.8 Å². The summed E-state index contributed by atoms with van der Waals surface area (Å²) in [4.78, 5) is 0.441. The lowest BCUT2D eigenvalue weighted by Crippen LogP contribution is -2.17. The molecular weight excluding hydrogens is 201 g/mol. The Kier molecular flexibility index (Phi) is 3.08. The smallest absolute Gasteiger partial charge is 0.405 e. The van der Waals surface area contributed by atoms with Crippen molar-refractivity contribution >= 4 is 11.8 Å². The Bertz CT molecular complexity index is 285. The molecule has 0 bridgehead atoms. The van der Waals surface area contributed by atoms with Gasteiger partial charge in [-0.25, -0.2) is 0 Å². The van der Waals surface area contributed by atoms with Crippen LogP contribution in [0.4, 0.5) is 13.2 Å². The van der Waals surface area contributed by atoms with Gasteiger partial charge in [-0.3, -0.25) is 0 Å². The first-order chi connectivity index (χ1) is 6.03. The molecule has 5 heteroatoms. The van der Waals surface area contributed by atoms with E-state index in [4.69, 9.17) is 0 Å². The molecule has 0 unspecified atom stereocenters. The van der Waals surface area contributed by atoms with Crippen LogP contribution in [0.5, 0.6) is 5.75 Å². The zero-order valence-electron chi connectivity index (χ0n) is 6.68. The Hall–Kier alpha value is -0.840. The molecule has 1 aromatic carbocycles. The lowest BCUT2D eigenvalue weighted by molar-refractivity contribution is -0.275. The molecule has 0 spiro atoms. The normalized spacial score (nSPS) is 11.4. The van der Waals surface area contributed by atoms with E-state index in [1.54, 1.807) is 6.26 Å². The van der Waals surface area contributed by atoms with Crippen LogP contribution < -0.4 is 4.74 Å². The first-order valence-electron chi connectivity index (χ1n) is 3.33.